The zero-order valence-electron chi connectivity index (χ0n) is 24.7. The molecule has 0 atom stereocenters. The second-order valence-corrected chi connectivity index (χ2v) is 11.7. The van der Waals surface area contributed by atoms with Gasteiger partial charge in [-0.05, 0) is 75.3 Å². The maximum Gasteiger partial charge on any atom is 0.416 e. The third kappa shape index (κ3) is 4.81. The fraction of sp³-hybridized carbons (Fsp3) is 0.0750. The van der Waals surface area contributed by atoms with Crippen LogP contribution in [0.15, 0.2) is 146 Å². The smallest absolute Gasteiger partial charge is 0.416 e. The summed E-state index contributed by atoms with van der Waals surface area (Å²) in [5.74, 6) is 0. The number of nitrogens with one attached hydrogen (secondary N) is 1. The van der Waals surface area contributed by atoms with Crippen LogP contribution in [0.1, 0.15) is 25.0 Å². The summed E-state index contributed by atoms with van der Waals surface area (Å²) in [5, 5.41) is 13.7. The number of fused-ring (bicyclic) bond motifs is 2. The van der Waals surface area contributed by atoms with Gasteiger partial charge in [0.1, 0.15) is 0 Å². The van der Waals surface area contributed by atoms with Crippen molar-refractivity contribution in [2.24, 2.45) is 0 Å². The van der Waals surface area contributed by atoms with Crippen molar-refractivity contribution in [3.8, 4) is 33.4 Å². The molecule has 0 spiro atoms. The first-order valence-corrected chi connectivity index (χ1v) is 14.8. The second kappa shape index (κ2) is 10.9. The lowest BCUT2D eigenvalue weighted by atomic mass is 9.73. The lowest BCUT2D eigenvalue weighted by Crippen LogP contribution is -2.35. The van der Waals surface area contributed by atoms with E-state index in [2.05, 4.69) is 116 Å². The highest BCUT2D eigenvalue weighted by Gasteiger charge is 2.38. The Kier molecular flexibility index (Phi) is 6.75. The number of hydrogen-bond donors (Lipinski definition) is 2. The molecule has 6 aromatic rings. The number of carbonyl (C=O) groups is 1. The molecule has 1 aliphatic heterocycles. The fourth-order valence-electron chi connectivity index (χ4n) is 6.31. The zero-order chi connectivity index (χ0) is 30.3. The second-order valence-electron chi connectivity index (χ2n) is 11.7. The summed E-state index contributed by atoms with van der Waals surface area (Å²) in [6.45, 7) is 4.32. The highest BCUT2D eigenvalue weighted by molar-refractivity contribution is 6.00. The van der Waals surface area contributed by atoms with E-state index < -0.39 is 6.09 Å². The van der Waals surface area contributed by atoms with Crippen molar-refractivity contribution in [3.63, 3.8) is 0 Å². The molecule has 6 aromatic carbocycles. The van der Waals surface area contributed by atoms with Gasteiger partial charge in [0.05, 0.1) is 11.4 Å². The minimum atomic E-state index is -0.982. The van der Waals surface area contributed by atoms with E-state index in [4.69, 9.17) is 0 Å². The van der Waals surface area contributed by atoms with Gasteiger partial charge in [-0.25, -0.2) is 9.69 Å². The van der Waals surface area contributed by atoms with Crippen LogP contribution in [-0.4, -0.2) is 11.2 Å². The highest BCUT2D eigenvalue weighted by atomic mass is 16.4. The largest absolute Gasteiger partial charge is 0.464 e. The van der Waals surface area contributed by atoms with E-state index in [1.807, 2.05) is 48.5 Å². The molecule has 0 saturated carbocycles. The first-order valence-electron chi connectivity index (χ1n) is 14.8. The summed E-state index contributed by atoms with van der Waals surface area (Å²) >= 11 is 0. The Hall–Kier alpha value is -5.61. The van der Waals surface area contributed by atoms with E-state index in [0.29, 0.717) is 11.4 Å². The normalized spacial score (nSPS) is 13.1. The van der Waals surface area contributed by atoms with Gasteiger partial charge in [0, 0.05) is 22.4 Å². The first-order chi connectivity index (χ1) is 21.4. The van der Waals surface area contributed by atoms with Gasteiger partial charge in [0.2, 0.25) is 0 Å². The standard InChI is InChI=1S/C40H32N2O2/c1-40(2)34-13-7-9-15-37(34)42(39(43)44)38-25-22-31(26-35(38)40)29-20-23-32(24-21-29)41-36-14-8-6-12-33(36)30-18-16-28(17-19-30)27-10-4-3-5-11-27/h3-26,41H,1-2H3,(H,43,44). The quantitative estimate of drug-likeness (QED) is 0.216. The van der Waals surface area contributed by atoms with Crippen LogP contribution < -0.4 is 10.2 Å². The van der Waals surface area contributed by atoms with Gasteiger partial charge in [0.15, 0.2) is 0 Å². The number of nitrogens with zero attached hydrogens (tertiary/aromatic N) is 1. The maximum atomic E-state index is 12.3. The SMILES string of the molecule is CC1(C)c2ccccc2N(C(=O)O)c2ccc(-c3ccc(Nc4ccccc4-c4ccc(-c5ccccc5)cc4)cc3)cc21. The molecule has 2 N–H and O–H groups in total. The van der Waals surface area contributed by atoms with E-state index in [1.165, 1.54) is 16.0 Å². The van der Waals surface area contributed by atoms with Gasteiger partial charge in [-0.3, -0.25) is 0 Å². The molecule has 1 heterocycles. The molecule has 214 valence electrons. The molecule has 0 aliphatic carbocycles. The Labute approximate surface area is 257 Å². The van der Waals surface area contributed by atoms with Gasteiger partial charge in [-0.1, -0.05) is 123 Å². The van der Waals surface area contributed by atoms with Crippen molar-refractivity contribution >= 4 is 28.8 Å². The number of anilines is 4. The summed E-state index contributed by atoms with van der Waals surface area (Å²) in [7, 11) is 0. The Bertz CT molecular complexity index is 1980. The lowest BCUT2D eigenvalue weighted by molar-refractivity contribution is 0.204. The van der Waals surface area contributed by atoms with E-state index in [1.54, 1.807) is 0 Å². The minimum Gasteiger partial charge on any atom is -0.464 e. The first kappa shape index (κ1) is 27.2. The molecule has 0 saturated heterocycles. The van der Waals surface area contributed by atoms with Crippen LogP contribution in [0.5, 0.6) is 0 Å². The zero-order valence-corrected chi connectivity index (χ0v) is 24.7. The number of benzene rings is 6. The molecular weight excluding hydrogens is 540 g/mol. The third-order valence-corrected chi connectivity index (χ3v) is 8.65. The molecule has 0 fully saturated rings. The van der Waals surface area contributed by atoms with E-state index in [-0.39, 0.29) is 5.41 Å². The molecule has 0 unspecified atom stereocenters. The molecular formula is C40H32N2O2. The molecule has 0 aromatic heterocycles. The fourth-order valence-corrected chi connectivity index (χ4v) is 6.31. The van der Waals surface area contributed by atoms with Crippen molar-refractivity contribution in [1.29, 1.82) is 0 Å². The van der Waals surface area contributed by atoms with E-state index in [0.717, 1.165) is 44.8 Å². The number of hydrogen-bond acceptors (Lipinski definition) is 2. The summed E-state index contributed by atoms with van der Waals surface area (Å²) in [6.07, 6.45) is -0.982. The van der Waals surface area contributed by atoms with Crippen LogP contribution in [0.2, 0.25) is 0 Å². The van der Waals surface area contributed by atoms with Crippen LogP contribution in [-0.2, 0) is 5.41 Å². The topological polar surface area (TPSA) is 52.6 Å². The summed E-state index contributed by atoms with van der Waals surface area (Å²) < 4.78 is 0. The van der Waals surface area contributed by atoms with Gasteiger partial charge in [0.25, 0.3) is 0 Å². The van der Waals surface area contributed by atoms with E-state index in [9.17, 15) is 9.90 Å². The van der Waals surface area contributed by atoms with Crippen molar-refractivity contribution in [2.45, 2.75) is 19.3 Å². The molecule has 7 rings (SSSR count). The number of para-hydroxylation sites is 2. The van der Waals surface area contributed by atoms with Crippen LogP contribution >= 0.6 is 0 Å². The third-order valence-electron chi connectivity index (χ3n) is 8.65. The van der Waals surface area contributed by atoms with Crippen LogP contribution in [0, 0.1) is 0 Å². The predicted octanol–water partition coefficient (Wildman–Crippen LogP) is 10.9. The summed E-state index contributed by atoms with van der Waals surface area (Å²) in [5.41, 5.74) is 11.9. The Morgan fingerprint density at radius 3 is 1.86 bits per heavy atom. The predicted molar refractivity (Wildman–Crippen MR) is 181 cm³/mol. The van der Waals surface area contributed by atoms with Crippen molar-refractivity contribution in [2.75, 3.05) is 10.2 Å². The van der Waals surface area contributed by atoms with Gasteiger partial charge >= 0.3 is 6.09 Å². The van der Waals surface area contributed by atoms with Crippen molar-refractivity contribution in [1.82, 2.24) is 0 Å². The molecule has 0 radical (unpaired) electrons. The van der Waals surface area contributed by atoms with Gasteiger partial charge in [-0.15, -0.1) is 0 Å². The maximum absolute atomic E-state index is 12.3. The van der Waals surface area contributed by atoms with Crippen LogP contribution in [0.4, 0.5) is 27.5 Å². The van der Waals surface area contributed by atoms with Crippen molar-refractivity contribution in [3.05, 3.63) is 157 Å². The molecule has 0 bridgehead atoms. The molecule has 4 nitrogen and oxygen atoms in total. The number of amides is 1. The molecule has 1 aliphatic rings. The van der Waals surface area contributed by atoms with Crippen molar-refractivity contribution < 1.29 is 9.90 Å². The summed E-state index contributed by atoms with van der Waals surface area (Å²) in [4.78, 5) is 13.7. The molecule has 44 heavy (non-hydrogen) atoms. The minimum absolute atomic E-state index is 0.349. The Morgan fingerprint density at radius 1 is 0.568 bits per heavy atom. The van der Waals surface area contributed by atoms with Gasteiger partial charge < -0.3 is 10.4 Å². The monoisotopic (exact) mass is 572 g/mol. The van der Waals surface area contributed by atoms with Gasteiger partial charge in [-0.2, -0.15) is 0 Å². The highest BCUT2D eigenvalue weighted by Crippen LogP contribution is 2.49. The Balaban J connectivity index is 1.16. The lowest BCUT2D eigenvalue weighted by Gasteiger charge is -2.40. The van der Waals surface area contributed by atoms with E-state index >= 15 is 0 Å². The Morgan fingerprint density at radius 2 is 1.11 bits per heavy atom. The number of carboxylic acid groups (broad SMARTS) is 1. The van der Waals surface area contributed by atoms with Crippen LogP contribution in [0.3, 0.4) is 0 Å². The average Bonchev–Trinajstić information content (AvgIpc) is 3.06. The average molecular weight is 573 g/mol. The molecule has 4 heteroatoms. The molecule has 1 amide bonds. The summed E-state index contributed by atoms with van der Waals surface area (Å²) in [6, 6.07) is 49.7. The van der Waals surface area contributed by atoms with Crippen LogP contribution in [0.25, 0.3) is 33.4 Å². The number of rotatable bonds is 5.